The Morgan fingerprint density at radius 2 is 1.79 bits per heavy atom. The van der Waals surface area contributed by atoms with Crippen LogP contribution in [0.3, 0.4) is 0 Å². The monoisotopic (exact) mass is 548 g/mol. The van der Waals surface area contributed by atoms with Gasteiger partial charge in [-0.15, -0.1) is 0 Å². The molecule has 2 aromatic carbocycles. The molecule has 4 aromatic rings. The molecular formula is C26H21ClN6O6. The Hall–Kier alpha value is -5.10. The maximum Gasteiger partial charge on any atom is 0.321 e. The van der Waals surface area contributed by atoms with Crippen LogP contribution in [-0.4, -0.2) is 52.7 Å². The van der Waals surface area contributed by atoms with Crippen LogP contribution in [0.4, 0.5) is 5.69 Å². The van der Waals surface area contributed by atoms with Gasteiger partial charge in [-0.1, -0.05) is 23.7 Å². The molecule has 39 heavy (non-hydrogen) atoms. The second-order valence-corrected chi connectivity index (χ2v) is 8.33. The number of nitrogens with one attached hydrogen (secondary N) is 3. The predicted molar refractivity (Wildman–Crippen MR) is 143 cm³/mol. The number of H-pyrrole nitrogens is 1. The number of carbonyl (C=O) groups is 3. The second kappa shape index (κ2) is 12.0. The number of aromatic amines is 1. The molecule has 0 bridgehead atoms. The van der Waals surface area contributed by atoms with Crippen LogP contribution in [0.1, 0.15) is 22.0 Å². The molecule has 4 rings (SSSR count). The van der Waals surface area contributed by atoms with E-state index in [2.05, 4.69) is 30.8 Å². The van der Waals surface area contributed by atoms with E-state index in [4.69, 9.17) is 21.1 Å². The number of nitrogens with zero attached hydrogens (tertiary/aromatic N) is 3. The highest BCUT2D eigenvalue weighted by Gasteiger charge is 2.36. The van der Waals surface area contributed by atoms with Gasteiger partial charge in [0, 0.05) is 23.0 Å². The van der Waals surface area contributed by atoms with Crippen LogP contribution in [0.2, 0.25) is 5.02 Å². The molecule has 0 saturated carbocycles. The molecule has 2 heterocycles. The van der Waals surface area contributed by atoms with Gasteiger partial charge in [0.15, 0.2) is 5.92 Å². The summed E-state index contributed by atoms with van der Waals surface area (Å²) in [4.78, 5) is 63.1. The smallest absolute Gasteiger partial charge is 0.321 e. The number of benzene rings is 2. The van der Waals surface area contributed by atoms with Gasteiger partial charge >= 0.3 is 5.97 Å². The number of methoxy groups -OCH3 is 2. The van der Waals surface area contributed by atoms with Crippen molar-refractivity contribution in [2.24, 2.45) is 5.10 Å². The maximum absolute atomic E-state index is 13.6. The predicted octanol–water partition coefficient (Wildman–Crippen LogP) is 2.66. The fourth-order valence-corrected chi connectivity index (χ4v) is 3.77. The lowest BCUT2D eigenvalue weighted by Gasteiger charge is -2.17. The molecule has 198 valence electrons. The van der Waals surface area contributed by atoms with Gasteiger partial charge in [0.05, 0.1) is 30.9 Å². The third-order valence-electron chi connectivity index (χ3n) is 5.47. The van der Waals surface area contributed by atoms with Crippen molar-refractivity contribution >= 4 is 51.8 Å². The first-order chi connectivity index (χ1) is 18.8. The number of halogens is 1. The highest BCUT2D eigenvalue weighted by Crippen LogP contribution is 2.25. The molecule has 1 unspecified atom stereocenters. The number of carbonyl (C=O) groups excluding carboxylic acids is 3. The van der Waals surface area contributed by atoms with Crippen molar-refractivity contribution in [3.63, 3.8) is 0 Å². The van der Waals surface area contributed by atoms with Crippen molar-refractivity contribution in [1.82, 2.24) is 20.4 Å². The Kier molecular flexibility index (Phi) is 8.27. The van der Waals surface area contributed by atoms with Gasteiger partial charge in [-0.2, -0.15) is 5.10 Å². The van der Waals surface area contributed by atoms with Gasteiger partial charge < -0.3 is 19.8 Å². The lowest BCUT2D eigenvalue weighted by atomic mass is 9.98. The van der Waals surface area contributed by atoms with E-state index < -0.39 is 35.0 Å². The molecule has 13 heteroatoms. The van der Waals surface area contributed by atoms with E-state index in [9.17, 15) is 19.2 Å². The molecule has 0 spiro atoms. The number of para-hydroxylation sites is 2. The van der Waals surface area contributed by atoms with Crippen LogP contribution in [0.25, 0.3) is 11.0 Å². The Morgan fingerprint density at radius 1 is 1.05 bits per heavy atom. The van der Waals surface area contributed by atoms with Crippen molar-refractivity contribution in [2.45, 2.75) is 5.92 Å². The number of anilines is 1. The van der Waals surface area contributed by atoms with Crippen LogP contribution in [0, 0.1) is 0 Å². The summed E-state index contributed by atoms with van der Waals surface area (Å²) in [7, 11) is 2.49. The minimum Gasteiger partial charge on any atom is -0.495 e. The Morgan fingerprint density at radius 3 is 2.51 bits per heavy atom. The van der Waals surface area contributed by atoms with E-state index in [1.54, 1.807) is 30.3 Å². The molecule has 3 N–H and O–H groups in total. The summed E-state index contributed by atoms with van der Waals surface area (Å²) in [6.07, 6.45) is 2.80. The summed E-state index contributed by atoms with van der Waals surface area (Å²) in [6, 6.07) is 13.9. The number of hydrazone groups is 1. The topological polar surface area (TPSA) is 165 Å². The highest BCUT2D eigenvalue weighted by molar-refractivity contribution is 6.48. The number of ether oxygens (including phenoxy) is 2. The van der Waals surface area contributed by atoms with Crippen molar-refractivity contribution < 1.29 is 23.9 Å². The van der Waals surface area contributed by atoms with Crippen molar-refractivity contribution in [3.8, 4) is 5.75 Å². The molecule has 0 aliphatic carbocycles. The summed E-state index contributed by atoms with van der Waals surface area (Å²) in [5.41, 5.74) is 1.53. The van der Waals surface area contributed by atoms with Gasteiger partial charge in [0.1, 0.15) is 17.2 Å². The van der Waals surface area contributed by atoms with Crippen LogP contribution in [0.5, 0.6) is 5.75 Å². The minimum atomic E-state index is -1.73. The molecule has 1 atom stereocenters. The number of hydrogen-bond acceptors (Lipinski definition) is 9. The van der Waals surface area contributed by atoms with E-state index in [-0.39, 0.29) is 22.5 Å². The number of amides is 2. The molecule has 12 nitrogen and oxygen atoms in total. The van der Waals surface area contributed by atoms with Gasteiger partial charge in [0.25, 0.3) is 17.4 Å². The summed E-state index contributed by atoms with van der Waals surface area (Å²) in [6.45, 7) is 0. The lowest BCUT2D eigenvalue weighted by Crippen LogP contribution is -2.39. The van der Waals surface area contributed by atoms with E-state index in [0.29, 0.717) is 16.3 Å². The van der Waals surface area contributed by atoms with E-state index in [1.807, 2.05) is 0 Å². The van der Waals surface area contributed by atoms with E-state index in [0.717, 1.165) is 7.11 Å². The average molecular weight is 549 g/mol. The average Bonchev–Trinajstić information content (AvgIpc) is 2.95. The number of hydrogen-bond donors (Lipinski definition) is 3. The lowest BCUT2D eigenvalue weighted by molar-refractivity contribution is -0.141. The number of rotatable bonds is 8. The van der Waals surface area contributed by atoms with Crippen LogP contribution < -0.4 is 21.0 Å². The van der Waals surface area contributed by atoms with Crippen molar-refractivity contribution in [3.05, 3.63) is 93.6 Å². The molecule has 2 aromatic heterocycles. The standard InChI is InChI=1S/C26H21ClN6O6/c1-38-19-6-4-3-5-17(19)30-25(36)22(32-33-23(34)14-9-11-28-12-10-14)20(26(37)39-2)21-24(35)31-18-13-15(27)7-8-16(18)29-21/h3-13,20H,1-2H3,(H,30,36)(H,31,35)(H,33,34). The zero-order valence-electron chi connectivity index (χ0n) is 20.6. The van der Waals surface area contributed by atoms with Gasteiger partial charge in [0.2, 0.25) is 0 Å². The van der Waals surface area contributed by atoms with Crippen LogP contribution in [0.15, 0.2) is 76.9 Å². The zero-order chi connectivity index (χ0) is 27.9. The fraction of sp³-hybridized carbons (Fsp3) is 0.115. The summed E-state index contributed by atoms with van der Waals surface area (Å²) in [5, 5.41) is 6.91. The molecular weight excluding hydrogens is 528 g/mol. The summed E-state index contributed by atoms with van der Waals surface area (Å²) in [5.74, 6) is -4.06. The Labute approximate surface area is 226 Å². The number of fused-ring (bicyclic) bond motifs is 1. The van der Waals surface area contributed by atoms with Crippen LogP contribution >= 0.6 is 11.6 Å². The number of aromatic nitrogens is 3. The quantitative estimate of drug-likeness (QED) is 0.172. The van der Waals surface area contributed by atoms with Crippen molar-refractivity contribution in [1.29, 1.82) is 0 Å². The van der Waals surface area contributed by atoms with Gasteiger partial charge in [-0.3, -0.25) is 24.2 Å². The molecule has 0 radical (unpaired) electrons. The normalized spacial score (nSPS) is 11.9. The molecule has 0 aliphatic rings. The molecule has 2 amide bonds. The first-order valence-electron chi connectivity index (χ1n) is 11.3. The SMILES string of the molecule is COC(=O)C(C(=NNC(=O)c1ccncc1)C(=O)Nc1ccccc1OC)c1nc2ccc(Cl)cc2[nH]c1=O. The van der Waals surface area contributed by atoms with E-state index >= 15 is 0 Å². The largest absolute Gasteiger partial charge is 0.495 e. The van der Waals surface area contributed by atoms with E-state index in [1.165, 1.54) is 43.8 Å². The van der Waals surface area contributed by atoms with Gasteiger partial charge in [-0.05, 0) is 42.5 Å². The third kappa shape index (κ3) is 6.08. The summed E-state index contributed by atoms with van der Waals surface area (Å²) < 4.78 is 10.2. The Balaban J connectivity index is 1.84. The molecule has 0 fully saturated rings. The fourth-order valence-electron chi connectivity index (χ4n) is 3.60. The van der Waals surface area contributed by atoms with Gasteiger partial charge in [-0.25, -0.2) is 10.4 Å². The molecule has 0 aliphatic heterocycles. The second-order valence-electron chi connectivity index (χ2n) is 7.90. The number of esters is 1. The Bertz CT molecular complexity index is 1640. The molecule has 0 saturated heterocycles. The highest BCUT2D eigenvalue weighted by atomic mass is 35.5. The van der Waals surface area contributed by atoms with Crippen LogP contribution in [-0.2, 0) is 14.3 Å². The summed E-state index contributed by atoms with van der Waals surface area (Å²) >= 11 is 6.01. The first kappa shape index (κ1) is 26.9. The minimum absolute atomic E-state index is 0.186. The number of pyridine rings is 1. The zero-order valence-corrected chi connectivity index (χ0v) is 21.4. The third-order valence-corrected chi connectivity index (χ3v) is 5.71. The maximum atomic E-state index is 13.6. The van der Waals surface area contributed by atoms with Crippen molar-refractivity contribution in [2.75, 3.05) is 19.5 Å². The first-order valence-corrected chi connectivity index (χ1v) is 11.7.